The van der Waals surface area contributed by atoms with E-state index in [1.165, 1.54) is 164 Å². The molecule has 0 spiro atoms. The van der Waals surface area contributed by atoms with Crippen molar-refractivity contribution in [2.45, 2.75) is 158 Å². The first-order valence-electron chi connectivity index (χ1n) is 17.4. The average Bonchev–Trinajstić information content (AvgIpc) is 3.01. The van der Waals surface area contributed by atoms with Crippen LogP contribution in [0, 0.1) is 0 Å². The van der Waals surface area contributed by atoms with Crippen LogP contribution >= 0.6 is 34.8 Å². The van der Waals surface area contributed by atoms with E-state index in [0.717, 1.165) is 17.2 Å². The molecule has 0 aromatic heterocycles. The molecule has 0 fully saturated rings. The Bertz CT molecular complexity index is 408. The van der Waals surface area contributed by atoms with Crippen molar-refractivity contribution in [3.63, 3.8) is 0 Å². The van der Waals surface area contributed by atoms with Crippen molar-refractivity contribution in [1.29, 1.82) is 0 Å². The predicted molar refractivity (Wildman–Crippen MR) is 193 cm³/mol. The van der Waals surface area contributed by atoms with Crippen LogP contribution in [0.4, 0.5) is 0 Å². The van der Waals surface area contributed by atoms with Gasteiger partial charge in [0, 0.05) is 20.4 Å². The van der Waals surface area contributed by atoms with E-state index in [0.29, 0.717) is 0 Å². The third-order valence-electron chi connectivity index (χ3n) is 7.89. The molecule has 0 radical (unpaired) electrons. The van der Waals surface area contributed by atoms with Crippen molar-refractivity contribution in [3.8, 4) is 0 Å². The molecule has 0 heterocycles. The quantitative estimate of drug-likeness (QED) is 0.0424. The molecule has 0 atom stereocenters. The van der Waals surface area contributed by atoms with Crippen LogP contribution in [-0.2, 0) is 34.8 Å². The van der Waals surface area contributed by atoms with Crippen LogP contribution in [0.5, 0.6) is 0 Å². The molecular weight excluding hydrogens is 709 g/mol. The second kappa shape index (κ2) is 50.3. The van der Waals surface area contributed by atoms with Crippen molar-refractivity contribution in [2.75, 3.05) is 52.4 Å². The smallest absolute Gasteiger partial charge is 0.0786 e. The molecule has 0 rings (SSSR count). The van der Waals surface area contributed by atoms with Gasteiger partial charge < -0.3 is 58.2 Å². The molecule has 0 saturated heterocycles. The zero-order valence-corrected chi connectivity index (χ0v) is 33.9. The van der Waals surface area contributed by atoms with Crippen LogP contribution in [0.25, 0.3) is 0 Å². The average molecular weight is 782 g/mol. The van der Waals surface area contributed by atoms with Gasteiger partial charge in [0.05, 0.1) is 52.4 Å². The summed E-state index contributed by atoms with van der Waals surface area (Å²) < 4.78 is 2.84. The number of unbranched alkanes of at least 4 members (excludes halogenated alkanes) is 8. The summed E-state index contributed by atoms with van der Waals surface area (Å²) in [6, 6.07) is 0. The van der Waals surface area contributed by atoms with E-state index >= 15 is 0 Å². The van der Waals surface area contributed by atoms with Gasteiger partial charge in [-0.15, -0.1) is 0 Å². The SMILES string of the molecule is CCCC[N+](CCCC)(CCCC)CCCC.CCCC[N+](CCCC)(CCCC)CCCC.O=[C-]Cl.O=[C-]Cl.O=[C-]Cl.[Pd]. The van der Waals surface area contributed by atoms with Crippen LogP contribution in [0.3, 0.4) is 0 Å². The Morgan fingerprint density at radius 1 is 0.341 bits per heavy atom. The molecule has 0 aliphatic carbocycles. The van der Waals surface area contributed by atoms with E-state index in [1.54, 1.807) is 0 Å². The Balaban J connectivity index is -0.000000126. The monoisotopic (exact) mass is 779 g/mol. The standard InChI is InChI=1S/2C16H36N.3CClO.Pd/c2*1-5-9-13-17(14-10-6-2,15-11-7-3)16-12-8-4;3*2-1-3;/h2*5-16H2,1-4H3;;;;/q2*+1;3*-1;. The van der Waals surface area contributed by atoms with Crippen LogP contribution in [0.2, 0.25) is 0 Å². The Morgan fingerprint density at radius 2 is 0.432 bits per heavy atom. The van der Waals surface area contributed by atoms with Crippen LogP contribution in [-0.4, -0.2) is 78.6 Å². The van der Waals surface area contributed by atoms with E-state index in [9.17, 15) is 0 Å². The summed E-state index contributed by atoms with van der Waals surface area (Å²) in [6.07, 6.45) is 22.1. The Hall–Kier alpha value is 0.462. The first-order valence-corrected chi connectivity index (χ1v) is 18.5. The molecule has 0 amide bonds. The zero-order chi connectivity index (χ0) is 34.1. The molecule has 44 heavy (non-hydrogen) atoms. The minimum atomic E-state index is 0. The van der Waals surface area contributed by atoms with Gasteiger partial charge in [-0.3, -0.25) is 0 Å². The van der Waals surface area contributed by atoms with Gasteiger partial charge in [0.15, 0.2) is 0 Å². The van der Waals surface area contributed by atoms with Crippen LogP contribution in [0.1, 0.15) is 158 Å². The fraction of sp³-hybridized carbons (Fsp3) is 0.914. The van der Waals surface area contributed by atoms with Crippen molar-refractivity contribution in [2.24, 2.45) is 0 Å². The summed E-state index contributed by atoms with van der Waals surface area (Å²) in [5.41, 5.74) is 0. The van der Waals surface area contributed by atoms with E-state index in [4.69, 9.17) is 14.4 Å². The summed E-state index contributed by atoms with van der Waals surface area (Å²) in [5.74, 6) is 2.92. The number of carbonyl (C=O) groups excluding carboxylic acids is 3. The van der Waals surface area contributed by atoms with Gasteiger partial charge in [-0.05, 0) is 51.4 Å². The van der Waals surface area contributed by atoms with Gasteiger partial charge in [0.25, 0.3) is 0 Å². The van der Waals surface area contributed by atoms with Crippen LogP contribution in [0.15, 0.2) is 0 Å². The summed E-state index contributed by atoms with van der Waals surface area (Å²) in [6.45, 7) is 30.0. The van der Waals surface area contributed by atoms with Crippen molar-refractivity contribution >= 4 is 52.0 Å². The van der Waals surface area contributed by atoms with Crippen molar-refractivity contribution in [1.82, 2.24) is 0 Å². The predicted octanol–water partition coefficient (Wildman–Crippen LogP) is 10.9. The Morgan fingerprint density at radius 3 is 0.500 bits per heavy atom. The number of nitrogens with zero attached hydrogens (tertiary/aromatic N) is 2. The maximum absolute atomic E-state index is 8.45. The normalized spacial score (nSPS) is 10.2. The minimum absolute atomic E-state index is 0. The Kier molecular flexibility index (Phi) is 64.9. The molecule has 0 aromatic carbocycles. The number of hydrogen-bond donors (Lipinski definition) is 0. The third kappa shape index (κ3) is 44.6. The number of rotatable bonds is 24. The molecule has 0 saturated carbocycles. The van der Waals surface area contributed by atoms with Crippen molar-refractivity contribution < 1.29 is 43.8 Å². The fourth-order valence-corrected chi connectivity index (χ4v) is 5.29. The van der Waals surface area contributed by atoms with Gasteiger partial charge in [-0.2, -0.15) is 17.2 Å². The van der Waals surface area contributed by atoms with E-state index in [2.05, 4.69) is 90.2 Å². The molecule has 0 N–H and O–H groups in total. The van der Waals surface area contributed by atoms with Gasteiger partial charge in [-0.1, -0.05) is 107 Å². The summed E-state index contributed by atoms with van der Waals surface area (Å²) in [5, 5.41) is 0. The van der Waals surface area contributed by atoms with Crippen LogP contribution < -0.4 is 0 Å². The van der Waals surface area contributed by atoms with Gasteiger partial charge in [-0.25, -0.2) is 0 Å². The molecule has 0 aromatic rings. The molecule has 0 bridgehead atoms. The van der Waals surface area contributed by atoms with Gasteiger partial charge in [0.1, 0.15) is 0 Å². The molecule has 0 aliphatic rings. The first-order chi connectivity index (χ1) is 20.7. The largest absolute Gasteiger partial charge is 0.525 e. The topological polar surface area (TPSA) is 51.2 Å². The fourth-order valence-electron chi connectivity index (χ4n) is 5.29. The maximum atomic E-state index is 8.45. The first kappa shape index (κ1) is 56.8. The summed E-state index contributed by atoms with van der Waals surface area (Å²) in [4.78, 5) is 25.3. The molecule has 0 aliphatic heterocycles. The van der Waals surface area contributed by atoms with E-state index in [1.807, 2.05) is 0 Å². The minimum Gasteiger partial charge on any atom is -0.525 e. The second-order valence-corrected chi connectivity index (χ2v) is 12.0. The van der Waals surface area contributed by atoms with E-state index < -0.39 is 0 Å². The van der Waals surface area contributed by atoms with Gasteiger partial charge in [0.2, 0.25) is 0 Å². The number of quaternary nitrogens is 2. The van der Waals surface area contributed by atoms with Gasteiger partial charge >= 0.3 is 0 Å². The second-order valence-electron chi connectivity index (χ2n) is 11.5. The summed E-state index contributed by atoms with van der Waals surface area (Å²) in [7, 11) is 0. The molecule has 9 heteroatoms. The Labute approximate surface area is 304 Å². The maximum Gasteiger partial charge on any atom is 0.0786 e. The number of hydrogen-bond acceptors (Lipinski definition) is 3. The van der Waals surface area contributed by atoms with Crippen molar-refractivity contribution in [3.05, 3.63) is 0 Å². The summed E-state index contributed by atoms with van der Waals surface area (Å²) >= 11 is 12.6. The molecule has 5 nitrogen and oxygen atoms in total. The zero-order valence-electron chi connectivity index (χ0n) is 30.0. The van der Waals surface area contributed by atoms with E-state index in [-0.39, 0.29) is 20.4 Å². The molecule has 272 valence electrons. The molecular formula is C35H72Cl3N2O3Pd-. The third-order valence-corrected chi connectivity index (χ3v) is 7.89. The molecule has 0 unspecified atom stereocenters. The number of halogens is 3.